The first kappa shape index (κ1) is 12.9. The minimum atomic E-state index is -1.52. The Morgan fingerprint density at radius 2 is 1.93 bits per heavy atom. The number of unbranched alkanes of at least 4 members (excludes halogenated alkanes) is 3. The van der Waals surface area contributed by atoms with Gasteiger partial charge in [0, 0.05) is 0 Å². The van der Waals surface area contributed by atoms with Gasteiger partial charge in [-0.3, -0.25) is 0 Å². The second-order valence-electron chi connectivity index (χ2n) is 3.37. The molecule has 0 aliphatic heterocycles. The first-order chi connectivity index (χ1) is 6.57. The second-order valence-corrected chi connectivity index (χ2v) is 3.37. The van der Waals surface area contributed by atoms with Gasteiger partial charge < -0.3 is 9.84 Å². The minimum Gasteiger partial charge on any atom is -0.473 e. The van der Waals surface area contributed by atoms with Crippen LogP contribution in [0, 0.1) is 0 Å². The van der Waals surface area contributed by atoms with Crippen LogP contribution in [0.2, 0.25) is 0 Å². The van der Waals surface area contributed by atoms with E-state index in [1.54, 1.807) is 6.92 Å². The smallest absolute Gasteiger partial charge is 0.417 e. The molecule has 0 aliphatic rings. The van der Waals surface area contributed by atoms with Crippen molar-refractivity contribution in [2.75, 3.05) is 0 Å². The van der Waals surface area contributed by atoms with Crippen LogP contribution in [0.5, 0.6) is 0 Å². The Hall–Kier alpha value is -1.06. The fourth-order valence-electron chi connectivity index (χ4n) is 1.15. The molecule has 1 unspecified atom stereocenters. The summed E-state index contributed by atoms with van der Waals surface area (Å²) in [5.74, 6) is -2.68. The Balaban J connectivity index is 3.50. The van der Waals surface area contributed by atoms with Gasteiger partial charge in [-0.2, -0.15) is 0 Å². The molecule has 0 aromatic heterocycles. The standard InChI is InChI=1S/C10H18O4/c1-3-4-5-6-7-8(2)14-10(13)9(11)12/h8H,3-7H2,1-2H3,(H,11,12). The lowest BCUT2D eigenvalue weighted by atomic mass is 10.1. The maximum Gasteiger partial charge on any atom is 0.417 e. The molecule has 1 N–H and O–H groups in total. The van der Waals surface area contributed by atoms with Crippen molar-refractivity contribution in [1.29, 1.82) is 0 Å². The summed E-state index contributed by atoms with van der Waals surface area (Å²) in [4.78, 5) is 20.8. The van der Waals surface area contributed by atoms with E-state index < -0.39 is 11.9 Å². The van der Waals surface area contributed by atoms with E-state index in [9.17, 15) is 9.59 Å². The van der Waals surface area contributed by atoms with Crippen LogP contribution in [0.1, 0.15) is 46.0 Å². The van der Waals surface area contributed by atoms with E-state index in [0.29, 0.717) is 0 Å². The van der Waals surface area contributed by atoms with E-state index in [1.165, 1.54) is 6.42 Å². The van der Waals surface area contributed by atoms with Gasteiger partial charge in [-0.25, -0.2) is 9.59 Å². The third kappa shape index (κ3) is 6.46. The van der Waals surface area contributed by atoms with E-state index in [0.717, 1.165) is 25.7 Å². The summed E-state index contributed by atoms with van der Waals surface area (Å²) in [6.07, 6.45) is 4.84. The van der Waals surface area contributed by atoms with Crippen LogP contribution in [-0.4, -0.2) is 23.1 Å². The molecule has 82 valence electrons. The fourth-order valence-corrected chi connectivity index (χ4v) is 1.15. The minimum absolute atomic E-state index is 0.296. The van der Waals surface area contributed by atoms with Gasteiger partial charge in [-0.1, -0.05) is 26.2 Å². The maximum atomic E-state index is 10.6. The largest absolute Gasteiger partial charge is 0.473 e. The van der Waals surface area contributed by atoms with E-state index in [1.807, 2.05) is 0 Å². The Bertz CT molecular complexity index is 189. The van der Waals surface area contributed by atoms with Crippen LogP contribution < -0.4 is 0 Å². The highest BCUT2D eigenvalue weighted by atomic mass is 16.6. The van der Waals surface area contributed by atoms with Crippen molar-refractivity contribution in [3.8, 4) is 0 Å². The monoisotopic (exact) mass is 202 g/mol. The molecule has 14 heavy (non-hydrogen) atoms. The normalized spacial score (nSPS) is 12.1. The van der Waals surface area contributed by atoms with Crippen LogP contribution in [0.25, 0.3) is 0 Å². The van der Waals surface area contributed by atoms with Crippen LogP contribution in [-0.2, 0) is 14.3 Å². The molecule has 0 radical (unpaired) electrons. The number of aliphatic carboxylic acids is 1. The van der Waals surface area contributed by atoms with Crippen LogP contribution in [0.15, 0.2) is 0 Å². The molecule has 0 aromatic carbocycles. The summed E-state index contributed by atoms with van der Waals surface area (Å²) < 4.78 is 4.65. The highest BCUT2D eigenvalue weighted by molar-refractivity contribution is 6.28. The van der Waals surface area contributed by atoms with Gasteiger partial charge in [-0.15, -0.1) is 0 Å². The summed E-state index contributed by atoms with van der Waals surface area (Å²) in [6.45, 7) is 3.83. The average molecular weight is 202 g/mol. The van der Waals surface area contributed by atoms with Crippen molar-refractivity contribution in [2.45, 2.75) is 52.1 Å². The van der Waals surface area contributed by atoms with Gasteiger partial charge in [0.25, 0.3) is 0 Å². The lowest BCUT2D eigenvalue weighted by Crippen LogP contribution is -2.22. The van der Waals surface area contributed by atoms with Gasteiger partial charge in [0.1, 0.15) is 0 Å². The maximum absolute atomic E-state index is 10.6. The van der Waals surface area contributed by atoms with Crippen molar-refractivity contribution in [3.63, 3.8) is 0 Å². The van der Waals surface area contributed by atoms with Gasteiger partial charge >= 0.3 is 11.9 Å². The van der Waals surface area contributed by atoms with Crippen molar-refractivity contribution in [2.24, 2.45) is 0 Å². The molecular formula is C10H18O4. The Labute approximate surface area is 84.3 Å². The van der Waals surface area contributed by atoms with Crippen LogP contribution in [0.4, 0.5) is 0 Å². The lowest BCUT2D eigenvalue weighted by Gasteiger charge is -2.10. The third-order valence-electron chi connectivity index (χ3n) is 1.95. The zero-order valence-corrected chi connectivity index (χ0v) is 8.78. The first-order valence-corrected chi connectivity index (χ1v) is 5.01. The highest BCUT2D eigenvalue weighted by Gasteiger charge is 2.16. The fraction of sp³-hybridized carbons (Fsp3) is 0.800. The quantitative estimate of drug-likeness (QED) is 0.406. The number of rotatable bonds is 6. The number of hydrogen-bond donors (Lipinski definition) is 1. The zero-order chi connectivity index (χ0) is 11.0. The highest BCUT2D eigenvalue weighted by Crippen LogP contribution is 2.07. The molecular weight excluding hydrogens is 184 g/mol. The van der Waals surface area contributed by atoms with Crippen molar-refractivity contribution in [3.05, 3.63) is 0 Å². The molecule has 0 spiro atoms. The second kappa shape index (κ2) is 7.35. The van der Waals surface area contributed by atoms with Crippen molar-refractivity contribution >= 4 is 11.9 Å². The average Bonchev–Trinajstić information content (AvgIpc) is 2.12. The summed E-state index contributed by atoms with van der Waals surface area (Å²) in [7, 11) is 0. The SMILES string of the molecule is CCCCCCC(C)OC(=O)C(=O)O. The van der Waals surface area contributed by atoms with Crippen LogP contribution in [0.3, 0.4) is 0 Å². The molecule has 1 atom stereocenters. The molecule has 0 heterocycles. The van der Waals surface area contributed by atoms with Gasteiger partial charge in [0.15, 0.2) is 0 Å². The topological polar surface area (TPSA) is 63.6 Å². The number of esters is 1. The number of carboxylic acid groups (broad SMARTS) is 1. The molecule has 0 aliphatic carbocycles. The van der Waals surface area contributed by atoms with Gasteiger partial charge in [-0.05, 0) is 19.8 Å². The van der Waals surface area contributed by atoms with Crippen LogP contribution >= 0.6 is 0 Å². The Morgan fingerprint density at radius 1 is 1.29 bits per heavy atom. The molecule has 0 aromatic rings. The number of ether oxygens (including phenoxy) is 1. The number of carbonyl (C=O) groups excluding carboxylic acids is 1. The molecule has 0 bridgehead atoms. The third-order valence-corrected chi connectivity index (χ3v) is 1.95. The van der Waals surface area contributed by atoms with Crippen molar-refractivity contribution < 1.29 is 19.4 Å². The molecule has 4 heteroatoms. The number of carboxylic acids is 1. The summed E-state index contributed by atoms with van der Waals surface area (Å²) in [5.41, 5.74) is 0. The lowest BCUT2D eigenvalue weighted by molar-refractivity contribution is -0.167. The molecule has 0 rings (SSSR count). The van der Waals surface area contributed by atoms with E-state index in [2.05, 4.69) is 11.7 Å². The summed E-state index contributed by atoms with van der Waals surface area (Å²) in [5, 5.41) is 8.27. The molecule has 0 fully saturated rings. The van der Waals surface area contributed by atoms with Gasteiger partial charge in [0.05, 0.1) is 6.10 Å². The number of carbonyl (C=O) groups is 2. The van der Waals surface area contributed by atoms with Gasteiger partial charge in [0.2, 0.25) is 0 Å². The summed E-state index contributed by atoms with van der Waals surface area (Å²) in [6, 6.07) is 0. The Morgan fingerprint density at radius 3 is 2.43 bits per heavy atom. The molecule has 0 saturated heterocycles. The van der Waals surface area contributed by atoms with E-state index in [4.69, 9.17) is 5.11 Å². The van der Waals surface area contributed by atoms with E-state index in [-0.39, 0.29) is 6.10 Å². The predicted molar refractivity (Wildman–Crippen MR) is 51.9 cm³/mol. The summed E-state index contributed by atoms with van der Waals surface area (Å²) >= 11 is 0. The molecule has 0 amide bonds. The van der Waals surface area contributed by atoms with E-state index >= 15 is 0 Å². The first-order valence-electron chi connectivity index (χ1n) is 5.01. The Kier molecular flexibility index (Phi) is 6.80. The van der Waals surface area contributed by atoms with Crippen molar-refractivity contribution in [1.82, 2.24) is 0 Å². The predicted octanol–water partition coefficient (Wildman–Crippen LogP) is 1.97. The number of hydrogen-bond acceptors (Lipinski definition) is 3. The zero-order valence-electron chi connectivity index (χ0n) is 8.78. The molecule has 4 nitrogen and oxygen atoms in total. The molecule has 0 saturated carbocycles.